The van der Waals surface area contributed by atoms with E-state index in [0.717, 1.165) is 34.8 Å². The predicted molar refractivity (Wildman–Crippen MR) is 78.2 cm³/mol. The van der Waals surface area contributed by atoms with Gasteiger partial charge in [0.25, 0.3) is 6.29 Å². The molecule has 4 nitrogen and oxygen atoms in total. The summed E-state index contributed by atoms with van der Waals surface area (Å²) < 4.78 is 22.6. The second-order valence-corrected chi connectivity index (χ2v) is 6.11. The van der Waals surface area contributed by atoms with Gasteiger partial charge in [-0.05, 0) is 26.0 Å². The van der Waals surface area contributed by atoms with Crippen molar-refractivity contribution in [2.75, 3.05) is 12.4 Å². The second-order valence-electron chi connectivity index (χ2n) is 5.55. The van der Waals surface area contributed by atoms with Gasteiger partial charge in [0, 0.05) is 17.5 Å². The molecule has 1 unspecified atom stereocenters. The lowest BCUT2D eigenvalue weighted by Crippen LogP contribution is -2.24. The van der Waals surface area contributed by atoms with E-state index in [1.165, 1.54) is 0 Å². The summed E-state index contributed by atoms with van der Waals surface area (Å²) in [6.45, 7) is 4.14. The molecule has 2 aliphatic heterocycles. The van der Waals surface area contributed by atoms with Crippen LogP contribution in [0.15, 0.2) is 24.2 Å². The van der Waals surface area contributed by atoms with Crippen molar-refractivity contribution in [3.05, 3.63) is 35.3 Å². The monoisotopic (exact) mass is 340 g/mol. The maximum atomic E-state index is 5.95. The molecule has 1 atom stereocenters. The molecule has 0 aromatic heterocycles. The molecule has 0 bridgehead atoms. The maximum Gasteiger partial charge on any atom is 0.266 e. The van der Waals surface area contributed by atoms with Crippen LogP contribution in [0.25, 0.3) is 0 Å². The van der Waals surface area contributed by atoms with E-state index >= 15 is 0 Å². The van der Waals surface area contributed by atoms with Crippen LogP contribution in [-0.2, 0) is 15.9 Å². The summed E-state index contributed by atoms with van der Waals surface area (Å²) in [5.74, 6) is 2.33. The minimum atomic E-state index is -0.412. The highest BCUT2D eigenvalue weighted by molar-refractivity contribution is 9.09. The Morgan fingerprint density at radius 1 is 1.40 bits per heavy atom. The number of hydrogen-bond donors (Lipinski definition) is 0. The normalized spacial score (nSPS) is 22.4. The van der Waals surface area contributed by atoms with Gasteiger partial charge < -0.3 is 18.9 Å². The molecular weight excluding hydrogens is 324 g/mol. The number of allylic oxidation sites excluding steroid dienone is 1. The van der Waals surface area contributed by atoms with E-state index < -0.39 is 6.29 Å². The minimum absolute atomic E-state index is 0.203. The highest BCUT2D eigenvalue weighted by Crippen LogP contribution is 2.44. The molecule has 0 N–H and O–H groups in total. The molecule has 0 radical (unpaired) electrons. The zero-order valence-electron chi connectivity index (χ0n) is 11.7. The molecule has 20 heavy (non-hydrogen) atoms. The molecule has 0 spiro atoms. The standard InChI is InChI=1S/C15H17BrO4/c1-15(2)6-10-4-9(5-12(17-3)13(10)20-15)14-18-8-11(7-16)19-14/h4-5,8,14H,6-7H2,1-3H3. The molecule has 1 aromatic rings. The fourth-order valence-corrected chi connectivity index (χ4v) is 2.79. The van der Waals surface area contributed by atoms with E-state index in [4.69, 9.17) is 18.9 Å². The highest BCUT2D eigenvalue weighted by atomic mass is 79.9. The van der Waals surface area contributed by atoms with Gasteiger partial charge in [0.05, 0.1) is 12.4 Å². The Morgan fingerprint density at radius 3 is 2.85 bits per heavy atom. The van der Waals surface area contributed by atoms with Gasteiger partial charge in [0.1, 0.15) is 17.6 Å². The van der Waals surface area contributed by atoms with Gasteiger partial charge in [-0.25, -0.2) is 0 Å². The van der Waals surface area contributed by atoms with Gasteiger partial charge >= 0.3 is 0 Å². The zero-order valence-corrected chi connectivity index (χ0v) is 13.3. The van der Waals surface area contributed by atoms with Crippen LogP contribution in [0.2, 0.25) is 0 Å². The Hall–Kier alpha value is -1.36. The number of methoxy groups -OCH3 is 1. The number of fused-ring (bicyclic) bond motifs is 1. The predicted octanol–water partition coefficient (Wildman–Crippen LogP) is 3.69. The summed E-state index contributed by atoms with van der Waals surface area (Å²) in [5.41, 5.74) is 1.86. The average molecular weight is 341 g/mol. The molecule has 0 saturated carbocycles. The molecule has 0 fully saturated rings. The molecule has 0 aliphatic carbocycles. The van der Waals surface area contributed by atoms with Crippen LogP contribution in [0.5, 0.6) is 11.5 Å². The molecular formula is C15H17BrO4. The first-order valence-electron chi connectivity index (χ1n) is 6.49. The number of benzene rings is 1. The van der Waals surface area contributed by atoms with E-state index in [2.05, 4.69) is 35.8 Å². The van der Waals surface area contributed by atoms with Crippen LogP contribution < -0.4 is 9.47 Å². The van der Waals surface area contributed by atoms with Gasteiger partial charge in [-0.3, -0.25) is 0 Å². The Morgan fingerprint density at radius 2 is 2.20 bits per heavy atom. The Kier molecular flexibility index (Phi) is 3.32. The lowest BCUT2D eigenvalue weighted by atomic mass is 9.99. The first kappa shape index (κ1) is 13.6. The molecule has 0 saturated heterocycles. The third-order valence-corrected chi connectivity index (χ3v) is 3.91. The Balaban J connectivity index is 1.92. The van der Waals surface area contributed by atoms with Crippen LogP contribution in [0.4, 0.5) is 0 Å². The van der Waals surface area contributed by atoms with Crippen LogP contribution in [0.1, 0.15) is 31.3 Å². The van der Waals surface area contributed by atoms with E-state index in [9.17, 15) is 0 Å². The molecule has 2 heterocycles. The van der Waals surface area contributed by atoms with Crippen molar-refractivity contribution in [3.63, 3.8) is 0 Å². The summed E-state index contributed by atoms with van der Waals surface area (Å²) in [6, 6.07) is 3.98. The third kappa shape index (κ3) is 2.35. The van der Waals surface area contributed by atoms with Crippen LogP contribution in [-0.4, -0.2) is 18.0 Å². The zero-order chi connectivity index (χ0) is 14.3. The van der Waals surface area contributed by atoms with Crippen molar-refractivity contribution in [1.82, 2.24) is 0 Å². The van der Waals surface area contributed by atoms with Gasteiger partial charge in [-0.1, -0.05) is 15.9 Å². The van der Waals surface area contributed by atoms with Crippen LogP contribution >= 0.6 is 15.9 Å². The summed E-state index contributed by atoms with van der Waals surface area (Å²) in [7, 11) is 1.65. The van der Waals surface area contributed by atoms with Gasteiger partial charge in [-0.15, -0.1) is 0 Å². The number of hydrogen-bond acceptors (Lipinski definition) is 4. The smallest absolute Gasteiger partial charge is 0.266 e. The topological polar surface area (TPSA) is 36.9 Å². The summed E-state index contributed by atoms with van der Waals surface area (Å²) in [4.78, 5) is 0. The lowest BCUT2D eigenvalue weighted by molar-refractivity contribution is -0.0328. The fraction of sp³-hybridized carbons (Fsp3) is 0.467. The van der Waals surface area contributed by atoms with E-state index in [1.54, 1.807) is 13.4 Å². The Labute approximate surface area is 126 Å². The molecule has 3 rings (SSSR count). The number of rotatable bonds is 3. The molecule has 5 heteroatoms. The summed E-state index contributed by atoms with van der Waals surface area (Å²) in [5, 5.41) is 0.641. The molecule has 108 valence electrons. The van der Waals surface area contributed by atoms with Gasteiger partial charge in [-0.2, -0.15) is 0 Å². The minimum Gasteiger partial charge on any atom is -0.493 e. The van der Waals surface area contributed by atoms with Crippen molar-refractivity contribution >= 4 is 15.9 Å². The van der Waals surface area contributed by atoms with Crippen molar-refractivity contribution < 1.29 is 18.9 Å². The largest absolute Gasteiger partial charge is 0.493 e. The fourth-order valence-electron chi connectivity index (χ4n) is 2.53. The van der Waals surface area contributed by atoms with E-state index in [1.807, 2.05) is 6.07 Å². The number of ether oxygens (including phenoxy) is 4. The maximum absolute atomic E-state index is 5.95. The lowest BCUT2D eigenvalue weighted by Gasteiger charge is -2.18. The SMILES string of the molecule is COc1cc(C2OC=C(CBr)O2)cc2c1OC(C)(C)C2. The van der Waals surface area contributed by atoms with Crippen molar-refractivity contribution in [3.8, 4) is 11.5 Å². The van der Waals surface area contributed by atoms with Crippen molar-refractivity contribution in [2.24, 2.45) is 0 Å². The number of halogens is 1. The molecule has 1 aromatic carbocycles. The quantitative estimate of drug-likeness (QED) is 0.786. The summed E-state index contributed by atoms with van der Waals surface area (Å²) >= 11 is 3.35. The highest BCUT2D eigenvalue weighted by Gasteiger charge is 2.34. The van der Waals surface area contributed by atoms with Gasteiger partial charge in [0.2, 0.25) is 0 Å². The van der Waals surface area contributed by atoms with Crippen LogP contribution in [0.3, 0.4) is 0 Å². The van der Waals surface area contributed by atoms with Crippen molar-refractivity contribution in [1.29, 1.82) is 0 Å². The second kappa shape index (κ2) is 4.88. The molecule has 0 amide bonds. The van der Waals surface area contributed by atoms with Crippen LogP contribution in [0, 0.1) is 0 Å². The Bertz CT molecular complexity index is 565. The van der Waals surface area contributed by atoms with E-state index in [-0.39, 0.29) is 5.60 Å². The average Bonchev–Trinajstić information content (AvgIpc) is 2.99. The van der Waals surface area contributed by atoms with Gasteiger partial charge in [0.15, 0.2) is 11.5 Å². The van der Waals surface area contributed by atoms with Crippen molar-refractivity contribution in [2.45, 2.75) is 32.2 Å². The van der Waals surface area contributed by atoms with E-state index in [0.29, 0.717) is 5.33 Å². The first-order chi connectivity index (χ1) is 9.52. The molecule has 2 aliphatic rings. The number of alkyl halides is 1. The summed E-state index contributed by atoms with van der Waals surface area (Å²) in [6.07, 6.45) is 2.07. The third-order valence-electron chi connectivity index (χ3n) is 3.35. The first-order valence-corrected chi connectivity index (χ1v) is 7.61.